The van der Waals surface area contributed by atoms with Crippen molar-refractivity contribution in [1.29, 1.82) is 0 Å². The molecule has 0 bridgehead atoms. The first-order valence-corrected chi connectivity index (χ1v) is 11.5. The summed E-state index contributed by atoms with van der Waals surface area (Å²) in [5.74, 6) is -0.783. The van der Waals surface area contributed by atoms with E-state index in [2.05, 4.69) is 20.4 Å². The van der Waals surface area contributed by atoms with Crippen molar-refractivity contribution in [2.45, 2.75) is 32.5 Å². The van der Waals surface area contributed by atoms with Gasteiger partial charge in [0.05, 0.1) is 0 Å². The highest BCUT2D eigenvalue weighted by molar-refractivity contribution is 5.98. The summed E-state index contributed by atoms with van der Waals surface area (Å²) >= 11 is 0. The van der Waals surface area contributed by atoms with Crippen molar-refractivity contribution in [2.24, 2.45) is 0 Å². The summed E-state index contributed by atoms with van der Waals surface area (Å²) in [6.07, 6.45) is -1.68. The average Bonchev–Trinajstić information content (AvgIpc) is 2.87. The van der Waals surface area contributed by atoms with Crippen LogP contribution in [-0.4, -0.2) is 34.1 Å². The predicted molar refractivity (Wildman–Crippen MR) is 135 cm³/mol. The molecule has 37 heavy (non-hydrogen) atoms. The molecular weight excluding hydrogens is 480 g/mol. The Morgan fingerprint density at radius 1 is 1.03 bits per heavy atom. The Balaban J connectivity index is 1.37. The fourth-order valence-corrected chi connectivity index (χ4v) is 3.75. The third-order valence-electron chi connectivity index (χ3n) is 5.57. The zero-order valence-corrected chi connectivity index (χ0v) is 20.2. The molecular formula is C28H25F2N3O4. The van der Waals surface area contributed by atoms with Crippen LogP contribution >= 0.6 is 0 Å². The van der Waals surface area contributed by atoms with Crippen molar-refractivity contribution in [2.75, 3.05) is 0 Å². The molecule has 0 aliphatic rings. The van der Waals surface area contributed by atoms with Crippen molar-refractivity contribution in [3.63, 3.8) is 0 Å². The molecule has 1 heterocycles. The van der Waals surface area contributed by atoms with Crippen LogP contribution < -0.4 is 15.4 Å². The average molecular weight is 506 g/mol. The molecule has 1 unspecified atom stereocenters. The molecule has 0 aliphatic heterocycles. The lowest BCUT2D eigenvalue weighted by atomic mass is 10.0. The first kappa shape index (κ1) is 25.6. The number of ether oxygens (including phenoxy) is 1. The number of aromatic hydroxyl groups is 1. The van der Waals surface area contributed by atoms with Crippen LogP contribution in [0.2, 0.25) is 0 Å². The molecule has 1 aromatic heterocycles. The van der Waals surface area contributed by atoms with Crippen LogP contribution in [0.25, 0.3) is 22.0 Å². The molecule has 0 fully saturated rings. The summed E-state index contributed by atoms with van der Waals surface area (Å²) in [4.78, 5) is 29.5. The first-order chi connectivity index (χ1) is 17.6. The van der Waals surface area contributed by atoms with Gasteiger partial charge in [0.2, 0.25) is 5.91 Å². The van der Waals surface area contributed by atoms with E-state index in [9.17, 15) is 23.5 Å². The predicted octanol–water partition coefficient (Wildman–Crippen LogP) is 5.03. The largest absolute Gasteiger partial charge is 0.506 e. The number of benzene rings is 3. The Labute approximate surface area is 212 Å². The third kappa shape index (κ3) is 6.58. The molecule has 0 radical (unpaired) electrons. The maximum Gasteiger partial charge on any atom is 0.394 e. The Hall–Kier alpha value is -4.53. The second-order valence-corrected chi connectivity index (χ2v) is 8.62. The number of hydrogen-bond donors (Lipinski definition) is 3. The summed E-state index contributed by atoms with van der Waals surface area (Å²) in [5, 5.41) is 16.5. The number of hydrogen-bond acceptors (Lipinski definition) is 5. The summed E-state index contributed by atoms with van der Waals surface area (Å²) in [7, 11) is 0. The number of nitrogens with zero attached hydrogens (tertiary/aromatic N) is 1. The van der Waals surface area contributed by atoms with Crippen LogP contribution in [0.15, 0.2) is 79.0 Å². The molecule has 0 saturated heterocycles. The molecule has 4 rings (SSSR count). The molecule has 0 saturated carbocycles. The number of carbonyl (C=O) groups excluding carboxylic acids is 2. The molecule has 4 aromatic rings. The van der Waals surface area contributed by atoms with Gasteiger partial charge in [-0.15, -0.1) is 0 Å². The summed E-state index contributed by atoms with van der Waals surface area (Å²) < 4.78 is 30.4. The molecule has 7 nitrogen and oxygen atoms in total. The monoisotopic (exact) mass is 505 g/mol. The minimum Gasteiger partial charge on any atom is -0.506 e. The van der Waals surface area contributed by atoms with E-state index in [1.807, 2.05) is 18.2 Å². The second kappa shape index (κ2) is 10.6. The first-order valence-electron chi connectivity index (χ1n) is 11.5. The molecule has 0 spiro atoms. The fraction of sp³-hybridized carbons (Fsp3) is 0.179. The van der Waals surface area contributed by atoms with Gasteiger partial charge >= 0.3 is 6.11 Å². The van der Waals surface area contributed by atoms with Crippen LogP contribution in [0.3, 0.4) is 0 Å². The van der Waals surface area contributed by atoms with Gasteiger partial charge in [0, 0.05) is 30.6 Å². The number of rotatable bonds is 8. The van der Waals surface area contributed by atoms with Crippen molar-refractivity contribution >= 4 is 22.7 Å². The van der Waals surface area contributed by atoms with Crippen LogP contribution in [0.1, 0.15) is 29.8 Å². The minimum atomic E-state index is -3.28. The van der Waals surface area contributed by atoms with E-state index in [-0.39, 0.29) is 18.0 Å². The smallest absolute Gasteiger partial charge is 0.394 e. The third-order valence-corrected chi connectivity index (χ3v) is 5.57. The van der Waals surface area contributed by atoms with Crippen molar-refractivity contribution in [3.05, 3.63) is 90.1 Å². The molecule has 1 atom stereocenters. The summed E-state index contributed by atoms with van der Waals surface area (Å²) in [6, 6.07) is 19.0. The SMILES string of the molecule is CC(NC(=O)c1cccc(-c2cc(O)c3ncccc3c2)c1)C(=O)NCc1ccc(OC(C)(F)F)cc1. The van der Waals surface area contributed by atoms with E-state index >= 15 is 0 Å². The zero-order valence-electron chi connectivity index (χ0n) is 20.2. The number of carbonyl (C=O) groups is 2. The lowest BCUT2D eigenvalue weighted by Gasteiger charge is -2.15. The minimum absolute atomic E-state index is 0.0148. The normalized spacial score (nSPS) is 12.1. The van der Waals surface area contributed by atoms with Gasteiger partial charge in [-0.1, -0.05) is 30.3 Å². The van der Waals surface area contributed by atoms with Crippen LogP contribution in [0.5, 0.6) is 11.5 Å². The zero-order chi connectivity index (χ0) is 26.6. The fourth-order valence-electron chi connectivity index (χ4n) is 3.75. The van der Waals surface area contributed by atoms with Gasteiger partial charge in [-0.3, -0.25) is 14.6 Å². The molecule has 190 valence electrons. The topological polar surface area (TPSA) is 101 Å². The summed E-state index contributed by atoms with van der Waals surface area (Å²) in [5.41, 5.74) is 2.97. The second-order valence-electron chi connectivity index (χ2n) is 8.62. The number of fused-ring (bicyclic) bond motifs is 1. The number of pyridine rings is 1. The maximum atomic E-state index is 12.9. The van der Waals surface area contributed by atoms with Crippen molar-refractivity contribution in [1.82, 2.24) is 15.6 Å². The molecule has 2 amide bonds. The van der Waals surface area contributed by atoms with Crippen molar-refractivity contribution < 1.29 is 28.2 Å². The van der Waals surface area contributed by atoms with E-state index in [1.54, 1.807) is 55.6 Å². The molecule has 3 aromatic carbocycles. The molecule has 0 aliphatic carbocycles. The highest BCUT2D eigenvalue weighted by Gasteiger charge is 2.23. The molecule has 9 heteroatoms. The number of phenolic OH excluding ortho intramolecular Hbond substituents is 1. The van der Waals surface area contributed by atoms with Gasteiger partial charge in [0.1, 0.15) is 23.1 Å². The van der Waals surface area contributed by atoms with E-state index in [4.69, 9.17) is 0 Å². The van der Waals surface area contributed by atoms with Gasteiger partial charge in [-0.05, 0) is 66.1 Å². The standard InChI is InChI=1S/C28H25F2N3O4/c1-17(26(35)32-16-18-8-10-23(11-9-18)37-28(2,29)30)33-27(36)21-6-3-5-19(13-21)22-14-20-7-4-12-31-25(20)24(34)15-22/h3-15,17,34H,16H2,1-2H3,(H,32,35)(H,33,36). The number of amides is 2. The Kier molecular flexibility index (Phi) is 7.33. The van der Waals surface area contributed by atoms with Gasteiger partial charge in [-0.2, -0.15) is 8.78 Å². The van der Waals surface area contributed by atoms with E-state index in [0.717, 1.165) is 16.5 Å². The Morgan fingerprint density at radius 3 is 2.51 bits per heavy atom. The number of nitrogens with one attached hydrogen (secondary N) is 2. The van der Waals surface area contributed by atoms with E-state index < -0.39 is 24.0 Å². The highest BCUT2D eigenvalue weighted by atomic mass is 19.3. The van der Waals surface area contributed by atoms with Crippen LogP contribution in [0.4, 0.5) is 8.78 Å². The van der Waals surface area contributed by atoms with Gasteiger partial charge < -0.3 is 20.5 Å². The Bertz CT molecular complexity index is 1440. The van der Waals surface area contributed by atoms with E-state index in [0.29, 0.717) is 23.6 Å². The van der Waals surface area contributed by atoms with Crippen LogP contribution in [0, 0.1) is 0 Å². The lowest BCUT2D eigenvalue weighted by Crippen LogP contribution is -2.44. The lowest BCUT2D eigenvalue weighted by molar-refractivity contribution is -0.158. The highest BCUT2D eigenvalue weighted by Crippen LogP contribution is 2.31. The van der Waals surface area contributed by atoms with Gasteiger partial charge in [0.25, 0.3) is 5.91 Å². The Morgan fingerprint density at radius 2 is 1.78 bits per heavy atom. The maximum absolute atomic E-state index is 12.9. The van der Waals surface area contributed by atoms with Crippen LogP contribution in [-0.2, 0) is 11.3 Å². The van der Waals surface area contributed by atoms with E-state index in [1.165, 1.54) is 12.1 Å². The van der Waals surface area contributed by atoms with Gasteiger partial charge in [-0.25, -0.2) is 0 Å². The quantitative estimate of drug-likeness (QED) is 0.312. The van der Waals surface area contributed by atoms with Crippen molar-refractivity contribution in [3.8, 4) is 22.6 Å². The summed E-state index contributed by atoms with van der Waals surface area (Å²) in [6.45, 7) is 2.36. The number of aromatic nitrogens is 1. The number of alkyl halides is 2. The number of halogens is 2. The molecule has 3 N–H and O–H groups in total. The van der Waals surface area contributed by atoms with Gasteiger partial charge in [0.15, 0.2) is 0 Å². The number of phenols is 1.